The van der Waals surface area contributed by atoms with E-state index in [-0.39, 0.29) is 18.4 Å². The summed E-state index contributed by atoms with van der Waals surface area (Å²) >= 11 is 0. The first kappa shape index (κ1) is 20.1. The third kappa shape index (κ3) is 4.30. The van der Waals surface area contributed by atoms with E-state index in [4.69, 9.17) is 9.47 Å². The number of benzene rings is 3. The minimum atomic E-state index is -0.791. The first-order valence-electron chi connectivity index (χ1n) is 10.8. The molecule has 2 N–H and O–H groups in total. The fourth-order valence-corrected chi connectivity index (χ4v) is 4.32. The largest absolute Gasteiger partial charge is 0.493 e. The molecule has 0 amide bonds. The van der Waals surface area contributed by atoms with Gasteiger partial charge in [0, 0.05) is 23.8 Å². The zero-order valence-corrected chi connectivity index (χ0v) is 17.5. The molecule has 6 nitrogen and oxygen atoms in total. The van der Waals surface area contributed by atoms with E-state index in [2.05, 4.69) is 34.5 Å². The Morgan fingerprint density at radius 3 is 2.88 bits per heavy atom. The van der Waals surface area contributed by atoms with Gasteiger partial charge in [0.25, 0.3) is 0 Å². The van der Waals surface area contributed by atoms with Gasteiger partial charge >= 0.3 is 5.97 Å². The Morgan fingerprint density at radius 1 is 1.16 bits per heavy atom. The number of ether oxygens (including phenoxy) is 2. The molecule has 162 valence electrons. The SMILES string of the molecule is O=C(O)CC1CCOc2cc(OC(Cc3ccccc3)c3ccc4[nH]ncc4c3)ccc21. The molecular formula is C26H24N2O4. The van der Waals surface area contributed by atoms with Crippen LogP contribution in [0.15, 0.2) is 72.9 Å². The van der Waals surface area contributed by atoms with Crippen molar-refractivity contribution >= 4 is 16.9 Å². The highest BCUT2D eigenvalue weighted by molar-refractivity contribution is 5.78. The number of carboxylic acid groups (broad SMARTS) is 1. The van der Waals surface area contributed by atoms with E-state index < -0.39 is 5.97 Å². The van der Waals surface area contributed by atoms with Gasteiger partial charge in [-0.05, 0) is 41.3 Å². The lowest BCUT2D eigenvalue weighted by Crippen LogP contribution is -2.17. The van der Waals surface area contributed by atoms with Crippen molar-refractivity contribution in [3.63, 3.8) is 0 Å². The van der Waals surface area contributed by atoms with Gasteiger partial charge in [-0.3, -0.25) is 9.89 Å². The summed E-state index contributed by atoms with van der Waals surface area (Å²) in [6, 6.07) is 22.2. The summed E-state index contributed by atoms with van der Waals surface area (Å²) in [4.78, 5) is 11.2. The number of carbonyl (C=O) groups is 1. The number of hydrogen-bond acceptors (Lipinski definition) is 4. The van der Waals surface area contributed by atoms with Crippen LogP contribution in [-0.4, -0.2) is 27.9 Å². The maximum Gasteiger partial charge on any atom is 0.303 e. The quantitative estimate of drug-likeness (QED) is 0.419. The van der Waals surface area contributed by atoms with E-state index in [1.54, 1.807) is 0 Å². The summed E-state index contributed by atoms with van der Waals surface area (Å²) in [5.74, 6) is 0.589. The lowest BCUT2D eigenvalue weighted by atomic mass is 9.90. The molecule has 2 atom stereocenters. The van der Waals surface area contributed by atoms with Crippen molar-refractivity contribution in [1.29, 1.82) is 0 Å². The van der Waals surface area contributed by atoms with E-state index in [1.807, 2.05) is 48.7 Å². The predicted molar refractivity (Wildman–Crippen MR) is 121 cm³/mol. The molecule has 2 unspecified atom stereocenters. The van der Waals surface area contributed by atoms with Crippen LogP contribution < -0.4 is 9.47 Å². The summed E-state index contributed by atoms with van der Waals surface area (Å²) < 4.78 is 12.3. The summed E-state index contributed by atoms with van der Waals surface area (Å²) in [5, 5.41) is 17.4. The number of fused-ring (bicyclic) bond motifs is 2. The Labute approximate surface area is 185 Å². The molecule has 1 aliphatic heterocycles. The molecule has 1 aliphatic rings. The summed E-state index contributed by atoms with van der Waals surface area (Å²) in [7, 11) is 0. The minimum Gasteiger partial charge on any atom is -0.493 e. The van der Waals surface area contributed by atoms with E-state index >= 15 is 0 Å². The molecule has 0 fully saturated rings. The maximum absolute atomic E-state index is 11.2. The second kappa shape index (κ2) is 8.75. The van der Waals surface area contributed by atoms with Gasteiger partial charge in [-0.15, -0.1) is 0 Å². The van der Waals surface area contributed by atoms with Crippen molar-refractivity contribution in [3.8, 4) is 11.5 Å². The van der Waals surface area contributed by atoms with E-state index in [0.29, 0.717) is 30.9 Å². The molecule has 5 rings (SSSR count). The van der Waals surface area contributed by atoms with Crippen LogP contribution in [0.1, 0.15) is 41.6 Å². The van der Waals surface area contributed by atoms with E-state index in [9.17, 15) is 9.90 Å². The number of nitrogens with one attached hydrogen (secondary N) is 1. The van der Waals surface area contributed by atoms with Gasteiger partial charge in [0.2, 0.25) is 0 Å². The highest BCUT2D eigenvalue weighted by atomic mass is 16.5. The maximum atomic E-state index is 11.2. The molecule has 2 heterocycles. The number of H-pyrrole nitrogens is 1. The molecule has 0 bridgehead atoms. The third-order valence-corrected chi connectivity index (χ3v) is 5.95. The van der Waals surface area contributed by atoms with Gasteiger partial charge in [0.1, 0.15) is 17.6 Å². The number of nitrogens with zero attached hydrogens (tertiary/aromatic N) is 1. The average molecular weight is 428 g/mol. The molecular weight excluding hydrogens is 404 g/mol. The Balaban J connectivity index is 1.45. The smallest absolute Gasteiger partial charge is 0.303 e. The first-order chi connectivity index (χ1) is 15.7. The van der Waals surface area contributed by atoms with Gasteiger partial charge < -0.3 is 14.6 Å². The topological polar surface area (TPSA) is 84.4 Å². The third-order valence-electron chi connectivity index (χ3n) is 5.95. The molecule has 3 aromatic carbocycles. The summed E-state index contributed by atoms with van der Waals surface area (Å²) in [6.45, 7) is 0.513. The number of rotatable bonds is 7. The van der Waals surface area contributed by atoms with Gasteiger partial charge in [-0.2, -0.15) is 5.10 Å². The number of aromatic nitrogens is 2. The van der Waals surface area contributed by atoms with Gasteiger partial charge in [-0.25, -0.2) is 0 Å². The Hall–Kier alpha value is -3.80. The molecule has 0 spiro atoms. The van der Waals surface area contributed by atoms with Crippen LogP contribution in [-0.2, 0) is 11.2 Å². The van der Waals surface area contributed by atoms with Crippen LogP contribution in [0.25, 0.3) is 10.9 Å². The van der Waals surface area contributed by atoms with Crippen LogP contribution in [0, 0.1) is 0 Å². The van der Waals surface area contributed by atoms with E-state index in [0.717, 1.165) is 22.0 Å². The molecule has 0 radical (unpaired) electrons. The highest BCUT2D eigenvalue weighted by Crippen LogP contribution is 2.39. The fourth-order valence-electron chi connectivity index (χ4n) is 4.32. The Bertz CT molecular complexity index is 1240. The van der Waals surface area contributed by atoms with Crippen LogP contribution in [0.2, 0.25) is 0 Å². The molecule has 6 heteroatoms. The molecule has 0 aliphatic carbocycles. The van der Waals surface area contributed by atoms with Crippen molar-refractivity contribution < 1.29 is 19.4 Å². The predicted octanol–water partition coefficient (Wildman–Crippen LogP) is 5.27. The number of hydrogen-bond donors (Lipinski definition) is 2. The molecule has 4 aromatic rings. The van der Waals surface area contributed by atoms with Crippen molar-refractivity contribution in [1.82, 2.24) is 10.2 Å². The monoisotopic (exact) mass is 428 g/mol. The van der Waals surface area contributed by atoms with Crippen LogP contribution in [0.5, 0.6) is 11.5 Å². The standard InChI is InChI=1S/C26H24N2O4/c29-26(30)14-18-10-11-31-25-15-21(7-8-22(18)25)32-24(12-17-4-2-1-3-5-17)19-6-9-23-20(13-19)16-27-28-23/h1-9,13,15-16,18,24H,10-12,14H2,(H,27,28)(H,29,30). The zero-order chi connectivity index (χ0) is 21.9. The fraction of sp³-hybridized carbons (Fsp3) is 0.231. The minimum absolute atomic E-state index is 0.0334. The van der Waals surface area contributed by atoms with Crippen LogP contribution >= 0.6 is 0 Å². The normalized spacial score (nSPS) is 16.2. The van der Waals surface area contributed by atoms with Gasteiger partial charge in [-0.1, -0.05) is 42.5 Å². The van der Waals surface area contributed by atoms with Gasteiger partial charge in [0.05, 0.1) is 24.7 Å². The average Bonchev–Trinajstić information content (AvgIpc) is 3.27. The highest BCUT2D eigenvalue weighted by Gasteiger charge is 2.25. The first-order valence-corrected chi connectivity index (χ1v) is 10.8. The van der Waals surface area contributed by atoms with Crippen molar-refractivity contribution in [2.45, 2.75) is 31.3 Å². The Kier molecular flexibility index (Phi) is 5.50. The van der Waals surface area contributed by atoms with Gasteiger partial charge in [0.15, 0.2) is 0 Å². The molecule has 0 saturated carbocycles. The van der Waals surface area contributed by atoms with Crippen molar-refractivity contribution in [2.24, 2.45) is 0 Å². The number of aromatic amines is 1. The van der Waals surface area contributed by atoms with Crippen LogP contribution in [0.4, 0.5) is 0 Å². The number of aliphatic carboxylic acids is 1. The summed E-state index contributed by atoms with van der Waals surface area (Å²) in [5.41, 5.74) is 4.16. The Morgan fingerprint density at radius 2 is 2.03 bits per heavy atom. The van der Waals surface area contributed by atoms with E-state index in [1.165, 1.54) is 5.56 Å². The number of carboxylic acids is 1. The summed E-state index contributed by atoms with van der Waals surface area (Å²) in [6.07, 6.45) is 3.14. The second-order valence-electron chi connectivity index (χ2n) is 8.14. The molecule has 1 aromatic heterocycles. The van der Waals surface area contributed by atoms with Crippen LogP contribution in [0.3, 0.4) is 0 Å². The lowest BCUT2D eigenvalue weighted by Gasteiger charge is -2.26. The van der Waals surface area contributed by atoms with Crippen molar-refractivity contribution in [2.75, 3.05) is 6.61 Å². The lowest BCUT2D eigenvalue weighted by molar-refractivity contribution is -0.137. The zero-order valence-electron chi connectivity index (χ0n) is 17.5. The molecule has 32 heavy (non-hydrogen) atoms. The second-order valence-corrected chi connectivity index (χ2v) is 8.14. The van der Waals surface area contributed by atoms with Crippen molar-refractivity contribution in [3.05, 3.63) is 89.6 Å². The molecule has 0 saturated heterocycles.